The summed E-state index contributed by atoms with van der Waals surface area (Å²) in [6.07, 6.45) is 19.1. The highest BCUT2D eigenvalue weighted by atomic mass is 32.2. The number of rotatable bonds is 17. The van der Waals surface area contributed by atoms with Crippen LogP contribution in [0.15, 0.2) is 12.2 Å². The van der Waals surface area contributed by atoms with Gasteiger partial charge in [-0.25, -0.2) is 0 Å². The van der Waals surface area contributed by atoms with Crippen LogP contribution in [0, 0.1) is 0 Å². The van der Waals surface area contributed by atoms with Crippen LogP contribution in [0.25, 0.3) is 0 Å². The second-order valence-electron chi connectivity index (χ2n) is 6.75. The molecule has 144 valence electrons. The van der Waals surface area contributed by atoms with Gasteiger partial charge in [0.1, 0.15) is 0 Å². The van der Waals surface area contributed by atoms with Crippen LogP contribution in [0.2, 0.25) is 0 Å². The van der Waals surface area contributed by atoms with Gasteiger partial charge in [-0.15, -0.1) is 0 Å². The SMILES string of the molecule is CCCC[C@H](O)C=CCCCCCCCCCCCCS(=O)(=O)O. The standard InChI is InChI=1S/C19H38O4S/c1-2-3-16-19(20)17-14-12-10-8-6-4-5-7-9-11-13-15-18-24(21,22)23/h14,17,19-20H,2-13,15-16,18H2,1H3,(H,21,22,23)/t19-/m0/s1. The molecule has 0 bridgehead atoms. The van der Waals surface area contributed by atoms with Gasteiger partial charge in [0.2, 0.25) is 0 Å². The van der Waals surface area contributed by atoms with Crippen LogP contribution in [-0.2, 0) is 10.1 Å². The molecule has 0 fully saturated rings. The van der Waals surface area contributed by atoms with Crippen LogP contribution < -0.4 is 0 Å². The summed E-state index contributed by atoms with van der Waals surface area (Å²) in [5, 5.41) is 9.67. The van der Waals surface area contributed by atoms with Crippen molar-refractivity contribution >= 4 is 10.1 Å². The van der Waals surface area contributed by atoms with E-state index in [1.807, 2.05) is 6.08 Å². The highest BCUT2D eigenvalue weighted by molar-refractivity contribution is 7.85. The van der Waals surface area contributed by atoms with E-state index in [1.165, 1.54) is 38.5 Å². The quantitative estimate of drug-likeness (QED) is 0.210. The molecule has 0 heterocycles. The highest BCUT2D eigenvalue weighted by Gasteiger charge is 2.02. The summed E-state index contributed by atoms with van der Waals surface area (Å²) < 4.78 is 29.7. The zero-order chi connectivity index (χ0) is 18.1. The fraction of sp³-hybridized carbons (Fsp3) is 0.895. The number of hydrogen-bond donors (Lipinski definition) is 2. The van der Waals surface area contributed by atoms with Gasteiger partial charge < -0.3 is 5.11 Å². The lowest BCUT2D eigenvalue weighted by atomic mass is 10.1. The van der Waals surface area contributed by atoms with Gasteiger partial charge in [0, 0.05) is 0 Å². The van der Waals surface area contributed by atoms with Gasteiger partial charge in [-0.05, 0) is 25.7 Å². The topological polar surface area (TPSA) is 74.6 Å². The average Bonchev–Trinajstić information content (AvgIpc) is 2.52. The summed E-state index contributed by atoms with van der Waals surface area (Å²) in [7, 11) is -3.77. The van der Waals surface area contributed by atoms with E-state index in [4.69, 9.17) is 4.55 Å². The summed E-state index contributed by atoms with van der Waals surface area (Å²) in [6, 6.07) is 0. The Bertz CT molecular complexity index is 390. The van der Waals surface area contributed by atoms with Gasteiger partial charge in [0.15, 0.2) is 0 Å². The van der Waals surface area contributed by atoms with Crippen molar-refractivity contribution in [1.82, 2.24) is 0 Å². The molecule has 2 N–H and O–H groups in total. The molecule has 4 nitrogen and oxygen atoms in total. The van der Waals surface area contributed by atoms with Crippen LogP contribution in [-0.4, -0.2) is 29.9 Å². The van der Waals surface area contributed by atoms with Crippen molar-refractivity contribution < 1.29 is 18.1 Å². The molecule has 0 amide bonds. The molecular weight excluding hydrogens is 324 g/mol. The third kappa shape index (κ3) is 19.7. The maximum absolute atomic E-state index is 10.5. The Morgan fingerprint density at radius 1 is 0.833 bits per heavy atom. The Morgan fingerprint density at radius 2 is 1.33 bits per heavy atom. The first kappa shape index (κ1) is 23.6. The monoisotopic (exact) mass is 362 g/mol. The normalized spacial score (nSPS) is 13.6. The molecule has 1 atom stereocenters. The Labute approximate surface area is 149 Å². The highest BCUT2D eigenvalue weighted by Crippen LogP contribution is 2.12. The van der Waals surface area contributed by atoms with Gasteiger partial charge in [-0.1, -0.05) is 83.3 Å². The predicted molar refractivity (Wildman–Crippen MR) is 102 cm³/mol. The van der Waals surface area contributed by atoms with E-state index < -0.39 is 10.1 Å². The van der Waals surface area contributed by atoms with E-state index in [9.17, 15) is 13.5 Å². The minimum atomic E-state index is -3.77. The summed E-state index contributed by atoms with van der Waals surface area (Å²) in [5.41, 5.74) is 0. The summed E-state index contributed by atoms with van der Waals surface area (Å²) in [6.45, 7) is 2.14. The molecule has 0 aliphatic rings. The molecule has 0 aromatic carbocycles. The molecule has 0 aliphatic carbocycles. The van der Waals surface area contributed by atoms with Gasteiger partial charge in [0.05, 0.1) is 11.9 Å². The van der Waals surface area contributed by atoms with Crippen LogP contribution >= 0.6 is 0 Å². The first-order valence-corrected chi connectivity index (χ1v) is 11.4. The van der Waals surface area contributed by atoms with Gasteiger partial charge in [0.25, 0.3) is 10.1 Å². The van der Waals surface area contributed by atoms with E-state index in [0.717, 1.165) is 44.9 Å². The van der Waals surface area contributed by atoms with Gasteiger partial charge in [-0.3, -0.25) is 4.55 Å². The fourth-order valence-corrected chi connectivity index (χ4v) is 3.29. The predicted octanol–water partition coefficient (Wildman–Crippen LogP) is 5.27. The lowest BCUT2D eigenvalue weighted by Gasteiger charge is -2.03. The minimum Gasteiger partial charge on any atom is -0.389 e. The van der Waals surface area contributed by atoms with Crippen molar-refractivity contribution in [2.75, 3.05) is 5.75 Å². The zero-order valence-electron chi connectivity index (χ0n) is 15.5. The van der Waals surface area contributed by atoms with Crippen molar-refractivity contribution in [2.45, 2.75) is 103 Å². The first-order chi connectivity index (χ1) is 11.5. The largest absolute Gasteiger partial charge is 0.389 e. The number of allylic oxidation sites excluding steroid dienone is 1. The summed E-state index contributed by atoms with van der Waals surface area (Å²) in [5.74, 6) is -0.100. The van der Waals surface area contributed by atoms with Gasteiger partial charge in [-0.2, -0.15) is 8.42 Å². The Morgan fingerprint density at radius 3 is 1.83 bits per heavy atom. The van der Waals surface area contributed by atoms with E-state index in [0.29, 0.717) is 6.42 Å². The minimum absolute atomic E-state index is 0.100. The van der Waals surface area contributed by atoms with E-state index in [-0.39, 0.29) is 11.9 Å². The number of aliphatic hydroxyl groups is 1. The third-order valence-electron chi connectivity index (χ3n) is 4.23. The van der Waals surface area contributed by atoms with Crippen molar-refractivity contribution in [2.24, 2.45) is 0 Å². The molecule has 24 heavy (non-hydrogen) atoms. The summed E-state index contributed by atoms with van der Waals surface area (Å²) in [4.78, 5) is 0. The van der Waals surface area contributed by atoms with E-state index in [2.05, 4.69) is 13.0 Å². The van der Waals surface area contributed by atoms with Crippen molar-refractivity contribution in [1.29, 1.82) is 0 Å². The number of hydrogen-bond acceptors (Lipinski definition) is 3. The van der Waals surface area contributed by atoms with E-state index >= 15 is 0 Å². The molecule has 0 aliphatic heterocycles. The van der Waals surface area contributed by atoms with Crippen LogP contribution in [0.1, 0.15) is 96.8 Å². The summed E-state index contributed by atoms with van der Waals surface area (Å²) >= 11 is 0. The lowest BCUT2D eigenvalue weighted by molar-refractivity contribution is 0.209. The van der Waals surface area contributed by atoms with E-state index in [1.54, 1.807) is 0 Å². The molecule has 0 saturated carbocycles. The Balaban J connectivity index is 3.21. The third-order valence-corrected chi connectivity index (χ3v) is 5.04. The van der Waals surface area contributed by atoms with Crippen molar-refractivity contribution in [3.05, 3.63) is 12.2 Å². The molecule has 0 spiro atoms. The van der Waals surface area contributed by atoms with Crippen LogP contribution in [0.5, 0.6) is 0 Å². The maximum Gasteiger partial charge on any atom is 0.264 e. The van der Waals surface area contributed by atoms with Gasteiger partial charge >= 0.3 is 0 Å². The molecule has 0 aromatic rings. The second kappa shape index (κ2) is 16.1. The zero-order valence-corrected chi connectivity index (χ0v) is 16.3. The fourth-order valence-electron chi connectivity index (χ4n) is 2.72. The maximum atomic E-state index is 10.5. The lowest BCUT2D eigenvalue weighted by Crippen LogP contribution is -2.03. The Kier molecular flexibility index (Phi) is 15.8. The molecule has 0 rings (SSSR count). The Hall–Kier alpha value is -0.390. The average molecular weight is 363 g/mol. The molecule has 0 aromatic heterocycles. The first-order valence-electron chi connectivity index (χ1n) is 9.75. The van der Waals surface area contributed by atoms with Crippen molar-refractivity contribution in [3.8, 4) is 0 Å². The number of unbranched alkanes of at least 4 members (excludes halogenated alkanes) is 11. The molecule has 0 saturated heterocycles. The number of aliphatic hydroxyl groups excluding tert-OH is 1. The smallest absolute Gasteiger partial charge is 0.264 e. The second-order valence-corrected chi connectivity index (χ2v) is 8.32. The molecule has 5 heteroatoms. The molecular formula is C19H38O4S. The molecule has 0 unspecified atom stereocenters. The van der Waals surface area contributed by atoms with Crippen LogP contribution in [0.3, 0.4) is 0 Å². The van der Waals surface area contributed by atoms with Crippen molar-refractivity contribution in [3.63, 3.8) is 0 Å². The molecule has 0 radical (unpaired) electrons. The van der Waals surface area contributed by atoms with Crippen LogP contribution in [0.4, 0.5) is 0 Å².